The summed E-state index contributed by atoms with van der Waals surface area (Å²) in [6.45, 7) is 9.14. The molecule has 2 heterocycles. The first-order valence-corrected chi connectivity index (χ1v) is 6.84. The highest BCUT2D eigenvalue weighted by atomic mass is 16.5. The molecule has 2 rings (SSSR count). The van der Waals surface area contributed by atoms with Gasteiger partial charge in [-0.05, 0) is 39.9 Å². The quantitative estimate of drug-likeness (QED) is 0.774. The van der Waals surface area contributed by atoms with Gasteiger partial charge in [0.25, 0.3) is 0 Å². The topological polar surface area (TPSA) is 27.7 Å². The van der Waals surface area contributed by atoms with Crippen LogP contribution < -0.4 is 5.32 Å². The minimum Gasteiger partial charge on any atom is -0.377 e. The highest BCUT2D eigenvalue weighted by molar-refractivity contribution is 4.91. The van der Waals surface area contributed by atoms with Gasteiger partial charge in [-0.3, -0.25) is 4.90 Å². The third-order valence-electron chi connectivity index (χ3n) is 4.50. The molecule has 2 saturated heterocycles. The van der Waals surface area contributed by atoms with Crippen LogP contribution in [0.25, 0.3) is 0 Å². The Balaban J connectivity index is 1.90. The number of piperazine rings is 1. The van der Waals surface area contributed by atoms with Gasteiger partial charge in [0, 0.05) is 39.3 Å². The third-order valence-corrected chi connectivity index (χ3v) is 4.50. The van der Waals surface area contributed by atoms with Crippen molar-refractivity contribution >= 4 is 0 Å². The van der Waals surface area contributed by atoms with Gasteiger partial charge < -0.3 is 15.0 Å². The molecule has 2 fully saturated rings. The zero-order valence-corrected chi connectivity index (χ0v) is 11.5. The first-order valence-electron chi connectivity index (χ1n) is 6.84. The molecule has 0 radical (unpaired) electrons. The van der Waals surface area contributed by atoms with E-state index in [1.165, 1.54) is 19.6 Å². The second-order valence-electron chi connectivity index (χ2n) is 5.70. The molecule has 0 bridgehead atoms. The van der Waals surface area contributed by atoms with Crippen molar-refractivity contribution in [3.05, 3.63) is 0 Å². The highest BCUT2D eigenvalue weighted by Crippen LogP contribution is 2.24. The summed E-state index contributed by atoms with van der Waals surface area (Å²) in [5.74, 6) is 0. The average molecular weight is 241 g/mol. The molecule has 1 atom stereocenters. The zero-order chi connectivity index (χ0) is 12.3. The standard InChI is InChI=1S/C13H27N3O/c1-12-10-16(9-8-15(12)2)11-13(17-3)4-6-14-7-5-13/h12,14H,4-11H2,1-3H3. The Bertz CT molecular complexity index is 241. The van der Waals surface area contributed by atoms with Gasteiger partial charge in [-0.15, -0.1) is 0 Å². The van der Waals surface area contributed by atoms with Gasteiger partial charge in [0.2, 0.25) is 0 Å². The number of rotatable bonds is 3. The third kappa shape index (κ3) is 3.19. The van der Waals surface area contributed by atoms with E-state index in [2.05, 4.69) is 29.1 Å². The Morgan fingerprint density at radius 1 is 1.29 bits per heavy atom. The van der Waals surface area contributed by atoms with Crippen LogP contribution in [0.1, 0.15) is 19.8 Å². The van der Waals surface area contributed by atoms with Crippen LogP contribution >= 0.6 is 0 Å². The second-order valence-corrected chi connectivity index (χ2v) is 5.70. The largest absolute Gasteiger partial charge is 0.377 e. The minimum atomic E-state index is 0.0981. The maximum absolute atomic E-state index is 5.85. The van der Waals surface area contributed by atoms with Gasteiger partial charge in [0.1, 0.15) is 0 Å². The van der Waals surface area contributed by atoms with E-state index in [0.717, 1.165) is 32.5 Å². The Morgan fingerprint density at radius 3 is 2.59 bits per heavy atom. The smallest absolute Gasteiger partial charge is 0.0829 e. The predicted molar refractivity (Wildman–Crippen MR) is 70.4 cm³/mol. The van der Waals surface area contributed by atoms with Crippen molar-refractivity contribution in [3.63, 3.8) is 0 Å². The lowest BCUT2D eigenvalue weighted by molar-refractivity contribution is -0.0665. The summed E-state index contributed by atoms with van der Waals surface area (Å²) in [4.78, 5) is 5.03. The van der Waals surface area contributed by atoms with Crippen LogP contribution in [0.4, 0.5) is 0 Å². The van der Waals surface area contributed by atoms with Gasteiger partial charge in [-0.2, -0.15) is 0 Å². The maximum Gasteiger partial charge on any atom is 0.0829 e. The Kier molecular flexibility index (Phi) is 4.42. The summed E-state index contributed by atoms with van der Waals surface area (Å²) in [6, 6.07) is 0.666. The molecular weight excluding hydrogens is 214 g/mol. The van der Waals surface area contributed by atoms with E-state index in [1.54, 1.807) is 0 Å². The lowest BCUT2D eigenvalue weighted by Crippen LogP contribution is -2.57. The van der Waals surface area contributed by atoms with Crippen LogP contribution in [0.5, 0.6) is 0 Å². The molecule has 0 aromatic heterocycles. The monoisotopic (exact) mass is 241 g/mol. The normalized spacial score (nSPS) is 31.6. The fraction of sp³-hybridized carbons (Fsp3) is 1.00. The van der Waals surface area contributed by atoms with Crippen LogP contribution in [-0.4, -0.2) is 74.9 Å². The van der Waals surface area contributed by atoms with Gasteiger partial charge in [-0.25, -0.2) is 0 Å². The number of nitrogens with zero attached hydrogens (tertiary/aromatic N) is 2. The number of methoxy groups -OCH3 is 1. The highest BCUT2D eigenvalue weighted by Gasteiger charge is 2.35. The van der Waals surface area contributed by atoms with Crippen LogP contribution in [0.2, 0.25) is 0 Å². The molecule has 0 spiro atoms. The lowest BCUT2D eigenvalue weighted by atomic mass is 9.91. The maximum atomic E-state index is 5.85. The molecule has 0 aliphatic carbocycles. The molecule has 4 nitrogen and oxygen atoms in total. The van der Waals surface area contributed by atoms with E-state index in [4.69, 9.17) is 4.74 Å². The summed E-state index contributed by atoms with van der Waals surface area (Å²) in [5.41, 5.74) is 0.0981. The van der Waals surface area contributed by atoms with Crippen LogP contribution in [0, 0.1) is 0 Å². The molecule has 0 aromatic rings. The van der Waals surface area contributed by atoms with Crippen molar-refractivity contribution in [1.29, 1.82) is 0 Å². The molecule has 1 N–H and O–H groups in total. The fourth-order valence-corrected chi connectivity index (χ4v) is 2.98. The molecular formula is C13H27N3O. The number of hydrogen-bond acceptors (Lipinski definition) is 4. The van der Waals surface area contributed by atoms with Gasteiger partial charge in [0.05, 0.1) is 5.60 Å². The van der Waals surface area contributed by atoms with Crippen LogP contribution in [-0.2, 0) is 4.74 Å². The molecule has 2 aliphatic heterocycles. The average Bonchev–Trinajstić information content (AvgIpc) is 2.35. The van der Waals surface area contributed by atoms with E-state index < -0.39 is 0 Å². The Labute approximate surface area is 105 Å². The van der Waals surface area contributed by atoms with Crippen molar-refractivity contribution < 1.29 is 4.74 Å². The number of ether oxygens (including phenoxy) is 1. The first-order chi connectivity index (χ1) is 8.15. The van der Waals surface area contributed by atoms with E-state index in [1.807, 2.05) is 7.11 Å². The summed E-state index contributed by atoms with van der Waals surface area (Å²) in [5, 5.41) is 3.42. The minimum absolute atomic E-state index is 0.0981. The lowest BCUT2D eigenvalue weighted by Gasteiger charge is -2.44. The van der Waals surface area contributed by atoms with E-state index in [0.29, 0.717) is 6.04 Å². The number of nitrogens with one attached hydrogen (secondary N) is 1. The van der Waals surface area contributed by atoms with E-state index in [9.17, 15) is 0 Å². The zero-order valence-electron chi connectivity index (χ0n) is 11.5. The van der Waals surface area contributed by atoms with Crippen molar-refractivity contribution in [2.75, 3.05) is 53.4 Å². The molecule has 0 amide bonds. The van der Waals surface area contributed by atoms with Gasteiger partial charge in [-0.1, -0.05) is 0 Å². The number of likely N-dealkylation sites (N-methyl/N-ethyl adjacent to an activating group) is 1. The molecule has 4 heteroatoms. The van der Waals surface area contributed by atoms with E-state index >= 15 is 0 Å². The Morgan fingerprint density at radius 2 is 2.00 bits per heavy atom. The first kappa shape index (κ1) is 13.3. The van der Waals surface area contributed by atoms with Crippen molar-refractivity contribution in [1.82, 2.24) is 15.1 Å². The number of hydrogen-bond donors (Lipinski definition) is 1. The molecule has 2 aliphatic rings. The van der Waals surface area contributed by atoms with Crippen molar-refractivity contribution in [2.45, 2.75) is 31.4 Å². The van der Waals surface area contributed by atoms with Crippen molar-refractivity contribution in [3.8, 4) is 0 Å². The molecule has 1 unspecified atom stereocenters. The SMILES string of the molecule is COC1(CN2CCN(C)C(C)C2)CCNCC1. The van der Waals surface area contributed by atoms with Crippen LogP contribution in [0.15, 0.2) is 0 Å². The van der Waals surface area contributed by atoms with Gasteiger partial charge in [0.15, 0.2) is 0 Å². The molecule has 100 valence electrons. The summed E-state index contributed by atoms with van der Waals surface area (Å²) in [6.07, 6.45) is 2.29. The predicted octanol–water partition coefficient (Wildman–Crippen LogP) is 0.391. The second kappa shape index (κ2) is 5.65. The molecule has 0 aromatic carbocycles. The van der Waals surface area contributed by atoms with E-state index in [-0.39, 0.29) is 5.60 Å². The number of piperidine rings is 1. The molecule has 17 heavy (non-hydrogen) atoms. The Hall–Kier alpha value is -0.160. The molecule has 0 saturated carbocycles. The fourth-order valence-electron chi connectivity index (χ4n) is 2.98. The van der Waals surface area contributed by atoms with Crippen molar-refractivity contribution in [2.24, 2.45) is 0 Å². The summed E-state index contributed by atoms with van der Waals surface area (Å²) < 4.78 is 5.85. The summed E-state index contributed by atoms with van der Waals surface area (Å²) >= 11 is 0. The van der Waals surface area contributed by atoms with Crippen LogP contribution in [0.3, 0.4) is 0 Å². The van der Waals surface area contributed by atoms with Gasteiger partial charge >= 0.3 is 0 Å². The summed E-state index contributed by atoms with van der Waals surface area (Å²) in [7, 11) is 4.10.